The third kappa shape index (κ3) is 13.7. The maximum Gasteiger partial charge on any atom is 0.143 e. The number of furan rings is 1. The summed E-state index contributed by atoms with van der Waals surface area (Å²) in [6, 6.07) is 159. The van der Waals surface area contributed by atoms with Crippen LogP contribution in [0.3, 0.4) is 0 Å². The van der Waals surface area contributed by atoms with Crippen LogP contribution < -0.4 is 0 Å². The lowest BCUT2D eigenvalue weighted by Gasteiger charge is -2.11. The van der Waals surface area contributed by atoms with Crippen molar-refractivity contribution < 1.29 is 4.42 Å². The maximum absolute atomic E-state index is 6.31. The number of rotatable bonds is 13. The highest BCUT2D eigenvalue weighted by atomic mass is 32.1. The second-order valence-corrected chi connectivity index (χ2v) is 32.8. The summed E-state index contributed by atoms with van der Waals surface area (Å²) in [5.74, 6) is 0. The molecule has 0 aliphatic rings. The number of benzene rings is 16. The zero-order chi connectivity index (χ0) is 83.4. The van der Waals surface area contributed by atoms with Crippen LogP contribution in [0.1, 0.15) is 0 Å². The van der Waals surface area contributed by atoms with Crippen LogP contribution in [-0.2, 0) is 0 Å². The molecule has 16 aromatic carbocycles. The molecule has 9 heterocycles. The number of nitrogens with zero attached hydrogens (tertiary/aromatic N) is 7. The molecule has 25 aromatic rings. The Kier molecular flexibility index (Phi) is 19.0. The zero-order valence-corrected chi connectivity index (χ0v) is 69.2. The maximum atomic E-state index is 6.31. The molecule has 0 fully saturated rings. The van der Waals surface area contributed by atoms with E-state index in [-0.39, 0.29) is 0 Å². The number of hydrogen-bond acceptors (Lipinski definition) is 5. The van der Waals surface area contributed by atoms with Gasteiger partial charge in [-0.25, -0.2) is 15.0 Å². The number of thiophene rings is 1. The topological polar surface area (TPSA) is 70.0 Å². The molecular weight excluding hydrogens is 1550 g/mol. The number of hydrogen-bond donors (Lipinski definition) is 0. The van der Waals surface area contributed by atoms with Crippen molar-refractivity contribution in [3.05, 3.63) is 468 Å². The largest absolute Gasteiger partial charge is 0.455 e. The molecule has 25 rings (SSSR count). The van der Waals surface area contributed by atoms with E-state index in [1.54, 1.807) is 0 Å². The molecule has 0 amide bonds. The summed E-state index contributed by atoms with van der Waals surface area (Å²) >= 11 is 1.88. The molecule has 0 saturated heterocycles. The Balaban J connectivity index is 0.000000109. The average Bonchev–Trinajstić information content (AvgIpc) is 1.59. The second-order valence-electron chi connectivity index (χ2n) is 31.8. The van der Waals surface area contributed by atoms with Crippen molar-refractivity contribution in [2.75, 3.05) is 0 Å². The average molecular weight is 1630 g/mol. The summed E-state index contributed by atoms with van der Waals surface area (Å²) in [6.07, 6.45) is 6.26. The summed E-state index contributed by atoms with van der Waals surface area (Å²) in [6.45, 7) is 0. The van der Waals surface area contributed by atoms with Gasteiger partial charge < -0.3 is 8.98 Å². The van der Waals surface area contributed by atoms with Crippen molar-refractivity contribution in [1.82, 2.24) is 32.7 Å². The molecule has 0 bridgehead atoms. The molecule has 0 atom stereocenters. The molecule has 0 N–H and O–H groups in total. The zero-order valence-electron chi connectivity index (χ0n) is 68.4. The van der Waals surface area contributed by atoms with Crippen molar-refractivity contribution in [1.29, 1.82) is 0 Å². The van der Waals surface area contributed by atoms with Crippen LogP contribution >= 0.6 is 11.3 Å². The van der Waals surface area contributed by atoms with E-state index in [9.17, 15) is 0 Å². The molecule has 126 heavy (non-hydrogen) atoms. The van der Waals surface area contributed by atoms with Crippen LogP contribution in [0.5, 0.6) is 0 Å². The Bertz CT molecular complexity index is 8020. The summed E-state index contributed by atoms with van der Waals surface area (Å²) in [4.78, 5) is 15.1. The third-order valence-corrected chi connectivity index (χ3v) is 25.5. The van der Waals surface area contributed by atoms with E-state index in [4.69, 9.17) is 19.4 Å². The highest BCUT2D eigenvalue weighted by Crippen LogP contribution is 2.45. The van der Waals surface area contributed by atoms with Gasteiger partial charge in [0.05, 0.1) is 45.2 Å². The Labute approximate surface area is 731 Å². The summed E-state index contributed by atoms with van der Waals surface area (Å²) in [5.41, 5.74) is 35.5. The van der Waals surface area contributed by atoms with Gasteiger partial charge in [0.1, 0.15) is 28.1 Å². The van der Waals surface area contributed by atoms with Gasteiger partial charge in [0, 0.05) is 105 Å². The minimum Gasteiger partial charge on any atom is -0.455 e. The van der Waals surface area contributed by atoms with Gasteiger partial charge in [0.2, 0.25) is 0 Å². The van der Waals surface area contributed by atoms with E-state index < -0.39 is 0 Å². The second kappa shape index (κ2) is 32.1. The Morgan fingerprint density at radius 2 is 0.548 bits per heavy atom. The number of aromatic nitrogens is 7. The lowest BCUT2D eigenvalue weighted by atomic mass is 9.96. The summed E-state index contributed by atoms with van der Waals surface area (Å²) in [7, 11) is 0. The standard InChI is InChI=1S/C43H29N3.C37H24N2O.C37H24N2S/c1-2-12-32(13-3-1)43-42(44-41-22-8-9-27-45(41)43)31-25-23-30(24-26-31)33-14-10-15-34(28-33)35-16-11-17-36(29-35)46-39-20-6-4-18-37(39)38-19-5-7-21-40(38)46;2*1-2-10-27(11-3-1)36-35(38-34-18-6-7-23-39(34)36)26-21-19-25(20-22-26)28-12-8-13-29(24-28)30-15-9-16-32-31-14-4-5-17-33(31)40-37(30)32/h1-29H;2*1-24H. The first kappa shape index (κ1) is 74.5. The summed E-state index contributed by atoms with van der Waals surface area (Å²) < 4.78 is 17.9. The fourth-order valence-electron chi connectivity index (χ4n) is 18.3. The van der Waals surface area contributed by atoms with Gasteiger partial charge in [0.25, 0.3) is 0 Å². The van der Waals surface area contributed by atoms with Crippen LogP contribution in [0.4, 0.5) is 0 Å². The molecule has 0 saturated carbocycles. The smallest absolute Gasteiger partial charge is 0.143 e. The monoisotopic (exact) mass is 1630 g/mol. The number of fused-ring (bicyclic) bond motifs is 12. The van der Waals surface area contributed by atoms with E-state index in [0.29, 0.717) is 0 Å². The Morgan fingerprint density at radius 3 is 1.03 bits per heavy atom. The predicted molar refractivity (Wildman–Crippen MR) is 525 cm³/mol. The van der Waals surface area contributed by atoms with Crippen LogP contribution in [0, 0.1) is 0 Å². The minimum atomic E-state index is 0.915. The van der Waals surface area contributed by atoms with Crippen LogP contribution in [0.15, 0.2) is 472 Å². The van der Waals surface area contributed by atoms with E-state index in [1.165, 1.54) is 86.5 Å². The molecule has 0 radical (unpaired) electrons. The molecule has 8 nitrogen and oxygen atoms in total. The first-order chi connectivity index (χ1) is 62.5. The molecule has 0 unspecified atom stereocenters. The first-order valence-corrected chi connectivity index (χ1v) is 43.4. The van der Waals surface area contributed by atoms with Crippen molar-refractivity contribution in [2.45, 2.75) is 0 Å². The van der Waals surface area contributed by atoms with Crippen LogP contribution in [0.2, 0.25) is 0 Å². The summed E-state index contributed by atoms with van der Waals surface area (Å²) in [5, 5.41) is 7.49. The lowest BCUT2D eigenvalue weighted by Crippen LogP contribution is -1.94. The van der Waals surface area contributed by atoms with E-state index in [2.05, 4.69) is 443 Å². The third-order valence-electron chi connectivity index (χ3n) is 24.2. The molecule has 592 valence electrons. The lowest BCUT2D eigenvalue weighted by molar-refractivity contribution is 0.670. The molecule has 9 aromatic heterocycles. The van der Waals surface area contributed by atoms with Crippen molar-refractivity contribution in [3.8, 4) is 140 Å². The van der Waals surface area contributed by atoms with Gasteiger partial charge >= 0.3 is 0 Å². The van der Waals surface area contributed by atoms with Crippen molar-refractivity contribution >= 4 is 92.2 Å². The van der Waals surface area contributed by atoms with Gasteiger partial charge in [-0.15, -0.1) is 11.3 Å². The van der Waals surface area contributed by atoms with E-state index >= 15 is 0 Å². The quantitative estimate of drug-likeness (QED) is 0.115. The van der Waals surface area contributed by atoms with E-state index in [0.717, 1.165) is 134 Å². The molecular formula is C117H77N7OS. The molecule has 0 aliphatic heterocycles. The van der Waals surface area contributed by atoms with Gasteiger partial charge in [-0.1, -0.05) is 358 Å². The van der Waals surface area contributed by atoms with Crippen molar-refractivity contribution in [2.24, 2.45) is 0 Å². The predicted octanol–water partition coefficient (Wildman–Crippen LogP) is 31.4. The molecule has 0 aliphatic carbocycles. The first-order valence-electron chi connectivity index (χ1n) is 42.6. The Morgan fingerprint density at radius 1 is 0.214 bits per heavy atom. The number of para-hydroxylation sites is 4. The normalized spacial score (nSPS) is 11.5. The molecule has 9 heteroatoms. The van der Waals surface area contributed by atoms with Crippen LogP contribution in [-0.4, -0.2) is 32.7 Å². The minimum absolute atomic E-state index is 0.915. The van der Waals surface area contributed by atoms with Gasteiger partial charge in [-0.05, 0) is 152 Å². The number of pyridine rings is 3. The van der Waals surface area contributed by atoms with Gasteiger partial charge in [0.15, 0.2) is 0 Å². The van der Waals surface area contributed by atoms with Crippen molar-refractivity contribution in [3.63, 3.8) is 0 Å². The fourth-order valence-corrected chi connectivity index (χ4v) is 19.5. The molecule has 0 spiro atoms. The van der Waals surface area contributed by atoms with Crippen LogP contribution in [0.25, 0.3) is 221 Å². The van der Waals surface area contributed by atoms with Gasteiger partial charge in [-0.3, -0.25) is 13.2 Å². The van der Waals surface area contributed by atoms with E-state index in [1.807, 2.05) is 53.8 Å². The van der Waals surface area contributed by atoms with Gasteiger partial charge in [-0.2, -0.15) is 0 Å². The Hall–Kier alpha value is -16.6. The number of imidazole rings is 3. The highest BCUT2D eigenvalue weighted by Gasteiger charge is 2.23. The highest BCUT2D eigenvalue weighted by molar-refractivity contribution is 7.26. The fraction of sp³-hybridized carbons (Fsp3) is 0. The SMILES string of the molecule is c1ccc(-c2c(-c3ccc(-c4cccc(-c5cccc(-n6c7ccccc7c7ccccc76)c5)c4)cc3)nc3ccccn23)cc1.c1ccc(-c2c(-c3ccc(-c4cccc(-c5cccc6c5oc5ccccc56)c4)cc3)nc3ccccn23)cc1.c1ccc(-c2c(-c3ccc(-c4cccc(-c5cccc6c5sc5ccccc56)c4)cc3)nc3ccccn23)cc1.